The molecule has 0 saturated carbocycles. The maximum atomic E-state index is 5.81. The SMILES string of the molecule is Cc1ccc(N)cc1-n1cc(-c2cccnc2)nn1. The molecule has 0 bridgehead atoms. The van der Waals surface area contributed by atoms with Crippen LogP contribution in [0, 0.1) is 6.92 Å². The molecule has 5 nitrogen and oxygen atoms in total. The molecule has 94 valence electrons. The molecule has 0 aliphatic rings. The van der Waals surface area contributed by atoms with Crippen LogP contribution in [0.15, 0.2) is 48.9 Å². The van der Waals surface area contributed by atoms with Crippen LogP contribution in [0.2, 0.25) is 0 Å². The van der Waals surface area contributed by atoms with E-state index in [9.17, 15) is 0 Å². The van der Waals surface area contributed by atoms with Crippen molar-refractivity contribution < 1.29 is 0 Å². The number of aryl methyl sites for hydroxylation is 1. The predicted molar refractivity (Wildman–Crippen MR) is 73.7 cm³/mol. The van der Waals surface area contributed by atoms with Gasteiger partial charge < -0.3 is 5.73 Å². The standard InChI is InChI=1S/C14H13N5/c1-10-4-5-12(15)7-14(10)19-9-13(17-18-19)11-3-2-6-16-8-11/h2-9H,15H2,1H3. The largest absolute Gasteiger partial charge is 0.399 e. The second-order valence-electron chi connectivity index (χ2n) is 4.34. The third kappa shape index (κ3) is 2.18. The molecule has 0 amide bonds. The Kier molecular flexibility index (Phi) is 2.72. The topological polar surface area (TPSA) is 69.6 Å². The molecule has 19 heavy (non-hydrogen) atoms. The van der Waals surface area contributed by atoms with Crippen molar-refractivity contribution >= 4 is 5.69 Å². The minimum Gasteiger partial charge on any atom is -0.399 e. The van der Waals surface area contributed by atoms with Gasteiger partial charge in [0.1, 0.15) is 5.69 Å². The lowest BCUT2D eigenvalue weighted by Gasteiger charge is -2.05. The lowest BCUT2D eigenvalue weighted by atomic mass is 10.2. The first kappa shape index (κ1) is 11.4. The number of nitrogen functional groups attached to an aromatic ring is 1. The van der Waals surface area contributed by atoms with Crippen LogP contribution in [0.4, 0.5) is 5.69 Å². The molecule has 0 spiro atoms. The second-order valence-corrected chi connectivity index (χ2v) is 4.34. The van der Waals surface area contributed by atoms with Gasteiger partial charge in [-0.05, 0) is 36.8 Å². The molecule has 0 aliphatic carbocycles. The van der Waals surface area contributed by atoms with Crippen molar-refractivity contribution in [3.05, 3.63) is 54.5 Å². The lowest BCUT2D eigenvalue weighted by Crippen LogP contribution is -1.99. The quantitative estimate of drug-likeness (QED) is 0.709. The van der Waals surface area contributed by atoms with Crippen molar-refractivity contribution in [2.75, 3.05) is 5.73 Å². The van der Waals surface area contributed by atoms with Crippen LogP contribution in [0.1, 0.15) is 5.56 Å². The minimum absolute atomic E-state index is 0.707. The Morgan fingerprint density at radius 2 is 2.11 bits per heavy atom. The zero-order valence-electron chi connectivity index (χ0n) is 10.5. The van der Waals surface area contributed by atoms with Gasteiger partial charge in [0.15, 0.2) is 0 Å². The predicted octanol–water partition coefficient (Wildman–Crippen LogP) is 2.22. The van der Waals surface area contributed by atoms with Gasteiger partial charge in [-0.1, -0.05) is 11.3 Å². The number of aromatic nitrogens is 4. The molecule has 0 radical (unpaired) electrons. The molecule has 0 saturated heterocycles. The van der Waals surface area contributed by atoms with E-state index in [1.807, 2.05) is 43.5 Å². The first-order valence-electron chi connectivity index (χ1n) is 5.93. The van der Waals surface area contributed by atoms with E-state index in [4.69, 9.17) is 5.73 Å². The second kappa shape index (κ2) is 4.53. The van der Waals surface area contributed by atoms with E-state index in [2.05, 4.69) is 15.3 Å². The summed E-state index contributed by atoms with van der Waals surface area (Å²) in [4.78, 5) is 4.08. The van der Waals surface area contributed by atoms with E-state index in [-0.39, 0.29) is 0 Å². The highest BCUT2D eigenvalue weighted by Gasteiger charge is 2.07. The zero-order valence-corrected chi connectivity index (χ0v) is 10.5. The molecule has 2 heterocycles. The smallest absolute Gasteiger partial charge is 0.115 e. The maximum absolute atomic E-state index is 5.81. The van der Waals surface area contributed by atoms with Crippen molar-refractivity contribution in [2.45, 2.75) is 6.92 Å². The average Bonchev–Trinajstić information content (AvgIpc) is 2.92. The summed E-state index contributed by atoms with van der Waals surface area (Å²) in [6.45, 7) is 2.01. The van der Waals surface area contributed by atoms with E-state index in [0.29, 0.717) is 5.69 Å². The van der Waals surface area contributed by atoms with Gasteiger partial charge in [0.05, 0.1) is 11.9 Å². The highest BCUT2D eigenvalue weighted by molar-refractivity contribution is 5.58. The summed E-state index contributed by atoms with van der Waals surface area (Å²) < 4.78 is 1.73. The number of rotatable bonds is 2. The third-order valence-corrected chi connectivity index (χ3v) is 2.93. The monoisotopic (exact) mass is 251 g/mol. The van der Waals surface area contributed by atoms with Gasteiger partial charge in [0.2, 0.25) is 0 Å². The molecular formula is C14H13N5. The first-order chi connectivity index (χ1) is 9.24. The zero-order chi connectivity index (χ0) is 13.2. The van der Waals surface area contributed by atoms with Crippen molar-refractivity contribution in [3.8, 4) is 16.9 Å². The minimum atomic E-state index is 0.707. The van der Waals surface area contributed by atoms with E-state index in [0.717, 1.165) is 22.5 Å². The molecule has 3 aromatic rings. The number of nitrogens with two attached hydrogens (primary N) is 1. The summed E-state index contributed by atoms with van der Waals surface area (Å²) in [7, 11) is 0. The van der Waals surface area contributed by atoms with Crippen molar-refractivity contribution in [1.82, 2.24) is 20.0 Å². The summed E-state index contributed by atoms with van der Waals surface area (Å²) >= 11 is 0. The molecule has 0 atom stereocenters. The molecule has 5 heteroatoms. The Balaban J connectivity index is 2.04. The van der Waals surface area contributed by atoms with Gasteiger partial charge in [-0.25, -0.2) is 4.68 Å². The van der Waals surface area contributed by atoms with Crippen molar-refractivity contribution in [1.29, 1.82) is 0 Å². The van der Waals surface area contributed by atoms with E-state index in [1.165, 1.54) is 0 Å². The van der Waals surface area contributed by atoms with Gasteiger partial charge in [-0.2, -0.15) is 0 Å². The number of hydrogen-bond donors (Lipinski definition) is 1. The lowest BCUT2D eigenvalue weighted by molar-refractivity contribution is 0.799. The highest BCUT2D eigenvalue weighted by Crippen LogP contribution is 2.20. The van der Waals surface area contributed by atoms with Crippen LogP contribution in [0.5, 0.6) is 0 Å². The fourth-order valence-electron chi connectivity index (χ4n) is 1.90. The fraction of sp³-hybridized carbons (Fsp3) is 0.0714. The Labute approximate surface area is 110 Å². The molecule has 2 N–H and O–H groups in total. The number of pyridine rings is 1. The molecule has 1 aromatic carbocycles. The number of nitrogens with zero attached hydrogens (tertiary/aromatic N) is 4. The summed E-state index contributed by atoms with van der Waals surface area (Å²) in [5.74, 6) is 0. The van der Waals surface area contributed by atoms with Gasteiger partial charge in [-0.15, -0.1) is 5.10 Å². The third-order valence-electron chi connectivity index (χ3n) is 2.93. The fourth-order valence-corrected chi connectivity index (χ4v) is 1.90. The number of hydrogen-bond acceptors (Lipinski definition) is 4. The van der Waals surface area contributed by atoms with E-state index >= 15 is 0 Å². The molecular weight excluding hydrogens is 238 g/mol. The summed E-state index contributed by atoms with van der Waals surface area (Å²) in [6, 6.07) is 9.55. The van der Waals surface area contributed by atoms with Crippen LogP contribution in [0.25, 0.3) is 16.9 Å². The molecule has 0 aliphatic heterocycles. The van der Waals surface area contributed by atoms with Gasteiger partial charge in [-0.3, -0.25) is 4.98 Å². The van der Waals surface area contributed by atoms with Gasteiger partial charge in [0.25, 0.3) is 0 Å². The van der Waals surface area contributed by atoms with Gasteiger partial charge >= 0.3 is 0 Å². The average molecular weight is 251 g/mol. The van der Waals surface area contributed by atoms with E-state index in [1.54, 1.807) is 17.1 Å². The Hall–Kier alpha value is -2.69. The first-order valence-corrected chi connectivity index (χ1v) is 5.93. The van der Waals surface area contributed by atoms with Gasteiger partial charge in [0, 0.05) is 23.6 Å². The summed E-state index contributed by atoms with van der Waals surface area (Å²) in [5, 5.41) is 8.31. The van der Waals surface area contributed by atoms with Crippen LogP contribution in [-0.2, 0) is 0 Å². The van der Waals surface area contributed by atoms with Crippen molar-refractivity contribution in [3.63, 3.8) is 0 Å². The highest BCUT2D eigenvalue weighted by atomic mass is 15.4. The molecule has 0 unspecified atom stereocenters. The molecule has 0 fully saturated rings. The summed E-state index contributed by atoms with van der Waals surface area (Å²) in [5.41, 5.74) is 10.3. The van der Waals surface area contributed by atoms with Crippen LogP contribution >= 0.6 is 0 Å². The maximum Gasteiger partial charge on any atom is 0.115 e. The van der Waals surface area contributed by atoms with Crippen LogP contribution in [0.3, 0.4) is 0 Å². The number of benzene rings is 1. The molecule has 3 rings (SSSR count). The number of anilines is 1. The van der Waals surface area contributed by atoms with E-state index < -0.39 is 0 Å². The normalized spacial score (nSPS) is 10.6. The van der Waals surface area contributed by atoms with Crippen molar-refractivity contribution in [2.24, 2.45) is 0 Å². The molecule has 2 aromatic heterocycles. The van der Waals surface area contributed by atoms with Crippen LogP contribution < -0.4 is 5.73 Å². The Bertz CT molecular complexity index is 703. The summed E-state index contributed by atoms with van der Waals surface area (Å²) in [6.07, 6.45) is 5.37. The Morgan fingerprint density at radius 3 is 2.89 bits per heavy atom. The Morgan fingerprint density at radius 1 is 1.21 bits per heavy atom. The van der Waals surface area contributed by atoms with Crippen LogP contribution in [-0.4, -0.2) is 20.0 Å².